The Hall–Kier alpha value is -2.10. The number of benzene rings is 2. The van der Waals surface area contributed by atoms with Crippen molar-refractivity contribution in [3.63, 3.8) is 0 Å². The van der Waals surface area contributed by atoms with Gasteiger partial charge in [-0.25, -0.2) is 4.79 Å². The highest BCUT2D eigenvalue weighted by Gasteiger charge is 2.44. The van der Waals surface area contributed by atoms with Crippen LogP contribution < -0.4 is 4.74 Å². The van der Waals surface area contributed by atoms with Crippen molar-refractivity contribution in [3.05, 3.63) is 64.7 Å². The van der Waals surface area contributed by atoms with Gasteiger partial charge < -0.3 is 29.9 Å². The van der Waals surface area contributed by atoms with Crippen molar-refractivity contribution in [3.8, 4) is 5.75 Å². The van der Waals surface area contributed by atoms with Crippen molar-refractivity contribution in [2.24, 2.45) is 0 Å². The molecule has 4 N–H and O–H groups in total. The number of carbonyl (C=O) groups is 1. The fraction of sp³-hybridized carbons (Fsp3) is 0.435. The molecule has 5 atom stereocenters. The first kappa shape index (κ1) is 23.6. The molecule has 8 heteroatoms. The molecule has 5 unspecified atom stereocenters. The maximum Gasteiger partial charge on any atom is 0.337 e. The van der Waals surface area contributed by atoms with Crippen LogP contribution in [0.2, 0.25) is 0 Å². The van der Waals surface area contributed by atoms with E-state index >= 15 is 0 Å². The molecular weight excluding hydrogens is 420 g/mol. The number of hydrogen-bond donors (Lipinski definition) is 4. The van der Waals surface area contributed by atoms with Crippen molar-refractivity contribution in [2.75, 3.05) is 13.7 Å². The maximum atomic E-state index is 12.0. The van der Waals surface area contributed by atoms with Gasteiger partial charge in [0, 0.05) is 6.42 Å². The summed E-state index contributed by atoms with van der Waals surface area (Å²) in [6.07, 6.45) is -2.64. The van der Waals surface area contributed by atoms with Crippen LogP contribution in [0, 0.1) is 0 Å². The number of aliphatic hydroxyl groups is 4. The zero-order chi connectivity index (χ0) is 22.5. The monoisotopic (exact) mass is 448 g/mol. The summed E-state index contributed by atoms with van der Waals surface area (Å²) in [5.74, 6) is -0.0378. The first-order chi connectivity index (χ1) is 14.9. The van der Waals surface area contributed by atoms with E-state index < -0.39 is 35.0 Å². The van der Waals surface area contributed by atoms with Gasteiger partial charge in [-0.15, -0.1) is 11.8 Å². The van der Waals surface area contributed by atoms with E-state index in [1.54, 1.807) is 18.2 Å². The summed E-state index contributed by atoms with van der Waals surface area (Å²) < 4.78 is 10.8. The SMILES string of the molecule is CCc1ccc(Cc2cc(C(=O)OC)ccc2OC2SC(CO)C(O)C(O)C2O)cc1. The normalized spacial score (nSPS) is 25.8. The van der Waals surface area contributed by atoms with E-state index in [-0.39, 0.29) is 6.61 Å². The van der Waals surface area contributed by atoms with Crippen LogP contribution in [0.1, 0.15) is 34.0 Å². The van der Waals surface area contributed by atoms with Gasteiger partial charge in [0.25, 0.3) is 0 Å². The lowest BCUT2D eigenvalue weighted by molar-refractivity contribution is -0.0910. The minimum absolute atomic E-state index is 0.368. The van der Waals surface area contributed by atoms with Gasteiger partial charge in [-0.2, -0.15) is 0 Å². The van der Waals surface area contributed by atoms with E-state index in [1.807, 2.05) is 24.3 Å². The van der Waals surface area contributed by atoms with Crippen molar-refractivity contribution < 1.29 is 34.7 Å². The highest BCUT2D eigenvalue weighted by Crippen LogP contribution is 2.36. The van der Waals surface area contributed by atoms with Crippen LogP contribution >= 0.6 is 11.8 Å². The van der Waals surface area contributed by atoms with Gasteiger partial charge in [0.2, 0.25) is 0 Å². The molecular formula is C23H28O7S. The molecule has 0 saturated carbocycles. The Morgan fingerprint density at radius 2 is 1.68 bits per heavy atom. The average Bonchev–Trinajstić information content (AvgIpc) is 2.80. The topological polar surface area (TPSA) is 116 Å². The summed E-state index contributed by atoms with van der Waals surface area (Å²) in [7, 11) is 1.31. The molecule has 2 aromatic rings. The fourth-order valence-electron chi connectivity index (χ4n) is 3.48. The third kappa shape index (κ3) is 5.39. The second-order valence-corrected chi connectivity index (χ2v) is 8.82. The Morgan fingerprint density at radius 3 is 2.29 bits per heavy atom. The molecule has 1 fully saturated rings. The molecule has 31 heavy (non-hydrogen) atoms. The molecule has 0 spiro atoms. The molecule has 0 amide bonds. The molecule has 1 aliphatic heterocycles. The van der Waals surface area contributed by atoms with Gasteiger partial charge in [-0.05, 0) is 41.3 Å². The van der Waals surface area contributed by atoms with Crippen LogP contribution in [0.5, 0.6) is 5.75 Å². The second kappa shape index (κ2) is 10.5. The van der Waals surface area contributed by atoms with Gasteiger partial charge in [0.15, 0.2) is 5.44 Å². The van der Waals surface area contributed by atoms with Crippen molar-refractivity contribution in [2.45, 2.75) is 48.8 Å². The van der Waals surface area contributed by atoms with Gasteiger partial charge in [-0.1, -0.05) is 31.2 Å². The number of aryl methyl sites for hydroxylation is 1. The molecule has 1 heterocycles. The van der Waals surface area contributed by atoms with E-state index in [9.17, 15) is 25.2 Å². The zero-order valence-electron chi connectivity index (χ0n) is 17.5. The predicted octanol–water partition coefficient (Wildman–Crippen LogP) is 1.52. The van der Waals surface area contributed by atoms with Gasteiger partial charge in [0.05, 0.1) is 30.6 Å². The third-order valence-corrected chi connectivity index (χ3v) is 6.82. The van der Waals surface area contributed by atoms with E-state index in [4.69, 9.17) is 9.47 Å². The summed E-state index contributed by atoms with van der Waals surface area (Å²) in [6, 6.07) is 13.0. The lowest BCUT2D eigenvalue weighted by Gasteiger charge is -2.39. The summed E-state index contributed by atoms with van der Waals surface area (Å²) in [4.78, 5) is 12.0. The third-order valence-electron chi connectivity index (χ3n) is 5.40. The summed E-state index contributed by atoms with van der Waals surface area (Å²) >= 11 is 1.06. The Kier molecular flexibility index (Phi) is 7.96. The first-order valence-corrected chi connectivity index (χ1v) is 11.1. The molecule has 1 saturated heterocycles. The fourth-order valence-corrected chi connectivity index (χ4v) is 4.71. The largest absolute Gasteiger partial charge is 0.477 e. The highest BCUT2D eigenvalue weighted by atomic mass is 32.2. The molecule has 168 valence electrons. The smallest absolute Gasteiger partial charge is 0.337 e. The molecule has 3 rings (SSSR count). The standard InChI is InChI=1S/C23H28O7S/c1-3-13-4-6-14(7-5-13)10-16-11-15(22(28)29-2)8-9-17(16)30-23-21(27)20(26)19(25)18(12-24)31-23/h4-9,11,18-21,23-27H,3,10,12H2,1-2H3. The number of ether oxygens (including phenoxy) is 2. The molecule has 0 bridgehead atoms. The summed E-state index contributed by atoms with van der Waals surface area (Å²) in [6.45, 7) is 1.71. The van der Waals surface area contributed by atoms with Crippen molar-refractivity contribution in [1.29, 1.82) is 0 Å². The quantitative estimate of drug-likeness (QED) is 0.471. The van der Waals surface area contributed by atoms with Gasteiger partial charge >= 0.3 is 5.97 Å². The number of carbonyl (C=O) groups excluding carboxylic acids is 1. The summed E-state index contributed by atoms with van der Waals surface area (Å²) in [5, 5.41) is 39.3. The van der Waals surface area contributed by atoms with Gasteiger partial charge in [-0.3, -0.25) is 0 Å². The summed E-state index contributed by atoms with van der Waals surface area (Å²) in [5.41, 5.74) is 2.41. The number of aliphatic hydroxyl groups excluding tert-OH is 4. The Labute approximate surface area is 185 Å². The molecule has 0 aromatic heterocycles. The van der Waals surface area contributed by atoms with Crippen LogP contribution in [-0.2, 0) is 17.6 Å². The van der Waals surface area contributed by atoms with E-state index in [2.05, 4.69) is 6.92 Å². The highest BCUT2D eigenvalue weighted by molar-refractivity contribution is 8.00. The van der Waals surface area contributed by atoms with Crippen LogP contribution in [0.25, 0.3) is 0 Å². The van der Waals surface area contributed by atoms with Crippen molar-refractivity contribution in [1.82, 2.24) is 0 Å². The Bertz CT molecular complexity index is 884. The predicted molar refractivity (Wildman–Crippen MR) is 117 cm³/mol. The lowest BCUT2D eigenvalue weighted by atomic mass is 10.00. The molecule has 1 aliphatic rings. The van der Waals surface area contributed by atoms with E-state index in [0.717, 1.165) is 23.7 Å². The van der Waals surface area contributed by atoms with Crippen LogP contribution in [0.15, 0.2) is 42.5 Å². The number of thioether (sulfide) groups is 1. The van der Waals surface area contributed by atoms with Crippen LogP contribution in [0.3, 0.4) is 0 Å². The minimum atomic E-state index is -1.44. The van der Waals surface area contributed by atoms with Crippen LogP contribution in [-0.4, -0.2) is 69.1 Å². The number of esters is 1. The lowest BCUT2D eigenvalue weighted by Crippen LogP contribution is -2.55. The first-order valence-electron chi connectivity index (χ1n) is 10.1. The van der Waals surface area contributed by atoms with Crippen molar-refractivity contribution >= 4 is 17.7 Å². The second-order valence-electron chi connectivity index (χ2n) is 7.48. The minimum Gasteiger partial charge on any atom is -0.477 e. The molecule has 0 radical (unpaired) electrons. The van der Waals surface area contributed by atoms with E-state index in [0.29, 0.717) is 23.3 Å². The molecule has 0 aliphatic carbocycles. The molecule has 7 nitrogen and oxygen atoms in total. The van der Waals surface area contributed by atoms with E-state index in [1.165, 1.54) is 12.7 Å². The maximum absolute atomic E-state index is 12.0. The van der Waals surface area contributed by atoms with Crippen LogP contribution in [0.4, 0.5) is 0 Å². The Balaban J connectivity index is 1.90. The Morgan fingerprint density at radius 1 is 1.00 bits per heavy atom. The number of methoxy groups -OCH3 is 1. The number of rotatable bonds is 7. The number of hydrogen-bond acceptors (Lipinski definition) is 8. The zero-order valence-corrected chi connectivity index (χ0v) is 18.3. The van der Waals surface area contributed by atoms with Gasteiger partial charge in [0.1, 0.15) is 18.0 Å². The molecule has 2 aromatic carbocycles. The average molecular weight is 449 g/mol.